The first-order chi connectivity index (χ1) is 11.5. The fourth-order valence-electron chi connectivity index (χ4n) is 2.09. The molecule has 2 heterocycles. The number of halogens is 2. The number of thioether (sulfide) groups is 1. The lowest BCUT2D eigenvalue weighted by Crippen LogP contribution is -2.28. The minimum atomic E-state index is -0.421. The lowest BCUT2D eigenvalue weighted by molar-refractivity contribution is -0.122. The van der Waals surface area contributed by atoms with E-state index in [0.717, 1.165) is 22.2 Å². The van der Waals surface area contributed by atoms with E-state index in [1.807, 2.05) is 0 Å². The van der Waals surface area contributed by atoms with Gasteiger partial charge >= 0.3 is 0 Å². The Bertz CT molecular complexity index is 911. The number of carbonyl (C=O) groups excluding carboxylic acids is 2. The van der Waals surface area contributed by atoms with Crippen LogP contribution in [0.4, 0.5) is 4.79 Å². The molecule has 0 radical (unpaired) electrons. The molecule has 0 unspecified atom stereocenters. The maximum atomic E-state index is 12.1. The molecular formula is C17H9Cl2NO3S. The van der Waals surface area contributed by atoms with Crippen LogP contribution in [-0.2, 0) is 4.79 Å². The summed E-state index contributed by atoms with van der Waals surface area (Å²) in [5.41, 5.74) is 0.754. The molecule has 0 N–H and O–H groups in total. The Morgan fingerprint density at radius 3 is 2.71 bits per heavy atom. The van der Waals surface area contributed by atoms with E-state index in [9.17, 15) is 9.59 Å². The molecule has 24 heavy (non-hydrogen) atoms. The maximum absolute atomic E-state index is 12.1. The second-order valence-electron chi connectivity index (χ2n) is 4.80. The van der Waals surface area contributed by atoms with Gasteiger partial charge in [0.25, 0.3) is 11.1 Å². The molecule has 0 aliphatic carbocycles. The monoisotopic (exact) mass is 377 g/mol. The van der Waals surface area contributed by atoms with E-state index in [1.54, 1.807) is 30.3 Å². The Labute approximate surface area is 152 Å². The van der Waals surface area contributed by atoms with Crippen LogP contribution in [0.5, 0.6) is 0 Å². The molecule has 0 spiro atoms. The Morgan fingerprint density at radius 2 is 2.00 bits per heavy atom. The second kappa shape index (κ2) is 6.78. The minimum Gasteiger partial charge on any atom is -0.457 e. The van der Waals surface area contributed by atoms with Crippen molar-refractivity contribution in [2.45, 2.75) is 0 Å². The quantitative estimate of drug-likeness (QED) is 0.562. The zero-order chi connectivity index (χ0) is 17.3. The summed E-state index contributed by atoms with van der Waals surface area (Å²) in [6.45, 7) is -0.0469. The molecule has 2 aromatic rings. The fraction of sp³-hybridized carbons (Fsp3) is 0.0588. The molecule has 2 amide bonds. The van der Waals surface area contributed by atoms with E-state index in [0.29, 0.717) is 21.6 Å². The lowest BCUT2D eigenvalue weighted by Gasteiger charge is -2.06. The number of imide groups is 1. The van der Waals surface area contributed by atoms with Crippen molar-refractivity contribution in [3.63, 3.8) is 0 Å². The van der Waals surface area contributed by atoms with Crippen LogP contribution in [0.3, 0.4) is 0 Å². The average Bonchev–Trinajstić information content (AvgIpc) is 3.11. The number of rotatable bonds is 3. The molecule has 120 valence electrons. The Balaban J connectivity index is 1.86. The van der Waals surface area contributed by atoms with Crippen LogP contribution in [0.15, 0.2) is 39.7 Å². The second-order valence-corrected chi connectivity index (χ2v) is 6.61. The topological polar surface area (TPSA) is 50.5 Å². The summed E-state index contributed by atoms with van der Waals surface area (Å²) in [5.74, 6) is 2.88. The number of nitrogens with zero attached hydrogens (tertiary/aromatic N) is 1. The maximum Gasteiger partial charge on any atom is 0.294 e. The normalized spacial score (nSPS) is 16.0. The van der Waals surface area contributed by atoms with Crippen LogP contribution in [0.25, 0.3) is 17.4 Å². The van der Waals surface area contributed by atoms with Crippen LogP contribution >= 0.6 is 35.0 Å². The van der Waals surface area contributed by atoms with Crippen LogP contribution in [0, 0.1) is 12.3 Å². The number of furan rings is 1. The number of carbonyl (C=O) groups is 2. The van der Waals surface area contributed by atoms with Crippen LogP contribution in [-0.4, -0.2) is 22.6 Å². The third kappa shape index (κ3) is 3.22. The van der Waals surface area contributed by atoms with Crippen LogP contribution in [0.2, 0.25) is 10.0 Å². The molecule has 1 aromatic heterocycles. The number of hydrogen-bond donors (Lipinski definition) is 0. The third-order valence-electron chi connectivity index (χ3n) is 3.23. The molecule has 1 fully saturated rings. The van der Waals surface area contributed by atoms with E-state index in [-0.39, 0.29) is 16.7 Å². The van der Waals surface area contributed by atoms with Gasteiger partial charge in [-0.3, -0.25) is 14.5 Å². The molecule has 1 aliphatic heterocycles. The van der Waals surface area contributed by atoms with Gasteiger partial charge in [0.1, 0.15) is 11.5 Å². The van der Waals surface area contributed by atoms with E-state index in [2.05, 4.69) is 5.92 Å². The zero-order valence-electron chi connectivity index (χ0n) is 12.1. The van der Waals surface area contributed by atoms with Gasteiger partial charge in [0.2, 0.25) is 0 Å². The first-order valence-electron chi connectivity index (χ1n) is 6.73. The van der Waals surface area contributed by atoms with Crippen molar-refractivity contribution < 1.29 is 14.0 Å². The van der Waals surface area contributed by atoms with Gasteiger partial charge in [-0.1, -0.05) is 29.1 Å². The molecular weight excluding hydrogens is 369 g/mol. The highest BCUT2D eigenvalue weighted by atomic mass is 35.5. The number of terminal acetylenes is 1. The van der Waals surface area contributed by atoms with Crippen molar-refractivity contribution in [1.29, 1.82) is 0 Å². The van der Waals surface area contributed by atoms with Crippen LogP contribution < -0.4 is 0 Å². The summed E-state index contributed by atoms with van der Waals surface area (Å²) >= 11 is 12.7. The van der Waals surface area contributed by atoms with Gasteiger partial charge in [-0.2, -0.15) is 0 Å². The highest BCUT2D eigenvalue weighted by Crippen LogP contribution is 2.34. The van der Waals surface area contributed by atoms with Crippen molar-refractivity contribution in [3.8, 4) is 23.7 Å². The summed E-state index contributed by atoms with van der Waals surface area (Å²) in [7, 11) is 0. The van der Waals surface area contributed by atoms with Crippen molar-refractivity contribution in [2.75, 3.05) is 6.54 Å². The Morgan fingerprint density at radius 1 is 1.21 bits per heavy atom. The highest BCUT2D eigenvalue weighted by molar-refractivity contribution is 8.18. The van der Waals surface area contributed by atoms with E-state index in [1.165, 1.54) is 6.08 Å². The number of hydrogen-bond acceptors (Lipinski definition) is 4. The zero-order valence-corrected chi connectivity index (χ0v) is 14.4. The minimum absolute atomic E-state index is 0.0469. The van der Waals surface area contributed by atoms with E-state index in [4.69, 9.17) is 34.0 Å². The van der Waals surface area contributed by atoms with Gasteiger partial charge in [0, 0.05) is 11.6 Å². The molecule has 0 bridgehead atoms. The summed E-state index contributed by atoms with van der Waals surface area (Å²) in [5, 5.41) is 0.484. The largest absolute Gasteiger partial charge is 0.457 e. The Kier molecular flexibility index (Phi) is 4.72. The lowest BCUT2D eigenvalue weighted by atomic mass is 10.2. The van der Waals surface area contributed by atoms with Gasteiger partial charge < -0.3 is 4.42 Å². The predicted octanol–water partition coefficient (Wildman–Crippen LogP) is 4.92. The molecule has 0 saturated carbocycles. The molecule has 1 saturated heterocycles. The first kappa shape index (κ1) is 16.7. The highest BCUT2D eigenvalue weighted by Gasteiger charge is 2.34. The van der Waals surface area contributed by atoms with Crippen molar-refractivity contribution in [2.24, 2.45) is 0 Å². The van der Waals surface area contributed by atoms with Gasteiger partial charge in [-0.05, 0) is 42.1 Å². The third-order valence-corrected chi connectivity index (χ3v) is 4.87. The predicted molar refractivity (Wildman–Crippen MR) is 95.7 cm³/mol. The number of benzene rings is 1. The number of amides is 2. The van der Waals surface area contributed by atoms with Crippen molar-refractivity contribution in [1.82, 2.24) is 4.90 Å². The smallest absolute Gasteiger partial charge is 0.294 e. The summed E-state index contributed by atoms with van der Waals surface area (Å²) in [6.07, 6.45) is 6.67. The van der Waals surface area contributed by atoms with Crippen LogP contribution in [0.1, 0.15) is 5.76 Å². The molecule has 7 heteroatoms. The van der Waals surface area contributed by atoms with Gasteiger partial charge in [0.15, 0.2) is 0 Å². The summed E-state index contributed by atoms with van der Waals surface area (Å²) in [4.78, 5) is 25.1. The molecule has 3 rings (SSSR count). The van der Waals surface area contributed by atoms with E-state index >= 15 is 0 Å². The Hall–Kier alpha value is -2.13. The first-order valence-corrected chi connectivity index (χ1v) is 8.31. The molecule has 1 aliphatic rings. The van der Waals surface area contributed by atoms with Crippen molar-refractivity contribution in [3.05, 3.63) is 51.0 Å². The average molecular weight is 378 g/mol. The summed E-state index contributed by atoms with van der Waals surface area (Å²) in [6, 6.07) is 8.58. The molecule has 0 atom stereocenters. The summed E-state index contributed by atoms with van der Waals surface area (Å²) < 4.78 is 5.69. The van der Waals surface area contributed by atoms with Crippen molar-refractivity contribution >= 4 is 52.2 Å². The fourth-order valence-corrected chi connectivity index (χ4v) is 3.21. The SMILES string of the molecule is C#CCN1C(=O)S/C(=C\c2ccc(-c3ccc(Cl)c(Cl)c3)o2)C1=O. The van der Waals surface area contributed by atoms with Gasteiger partial charge in [-0.25, -0.2) is 0 Å². The van der Waals surface area contributed by atoms with Gasteiger partial charge in [-0.15, -0.1) is 6.42 Å². The molecule has 1 aromatic carbocycles. The van der Waals surface area contributed by atoms with Gasteiger partial charge in [0.05, 0.1) is 21.5 Å². The molecule has 4 nitrogen and oxygen atoms in total. The van der Waals surface area contributed by atoms with E-state index < -0.39 is 5.91 Å². The standard InChI is InChI=1S/C17H9Cl2NO3S/c1-2-7-20-16(21)15(24-17(20)22)9-11-4-6-14(23-11)10-3-5-12(18)13(19)8-10/h1,3-6,8-9H,7H2/b15-9-.